The van der Waals surface area contributed by atoms with E-state index in [1.54, 1.807) is 6.20 Å². The molecule has 1 saturated heterocycles. The molecule has 2 fully saturated rings. The third-order valence-electron chi connectivity index (χ3n) is 4.57. The fourth-order valence-corrected chi connectivity index (χ4v) is 3.30. The van der Waals surface area contributed by atoms with Crippen LogP contribution in [0.25, 0.3) is 11.4 Å². The van der Waals surface area contributed by atoms with Crippen molar-refractivity contribution in [1.82, 2.24) is 14.5 Å². The average molecular weight is 317 g/mol. The Morgan fingerprint density at radius 3 is 2.78 bits per heavy atom. The maximum absolute atomic E-state index is 13.4. The lowest BCUT2D eigenvalue weighted by Gasteiger charge is -2.16. The van der Waals surface area contributed by atoms with Crippen molar-refractivity contribution in [3.63, 3.8) is 0 Å². The zero-order chi connectivity index (χ0) is 16.0. The van der Waals surface area contributed by atoms with Gasteiger partial charge >= 0.3 is 0 Å². The molecule has 1 unspecified atom stereocenters. The Morgan fingerprint density at radius 1 is 1.22 bits per heavy atom. The van der Waals surface area contributed by atoms with Gasteiger partial charge in [0.15, 0.2) is 11.6 Å². The number of hydrogen-bond donors (Lipinski definition) is 0. The Hall–Kier alpha value is -2.24. The molecular weight excluding hydrogens is 300 g/mol. The molecule has 1 aromatic carbocycles. The number of nitrogens with zero attached hydrogens (tertiary/aromatic N) is 3. The number of hydrogen-bond acceptors (Lipinski definition) is 2. The van der Waals surface area contributed by atoms with Crippen LogP contribution in [0.3, 0.4) is 0 Å². The summed E-state index contributed by atoms with van der Waals surface area (Å²) in [7, 11) is 0. The van der Waals surface area contributed by atoms with Crippen molar-refractivity contribution >= 4 is 5.91 Å². The molecule has 0 bridgehead atoms. The van der Waals surface area contributed by atoms with E-state index in [9.17, 15) is 13.6 Å². The van der Waals surface area contributed by atoms with Crippen molar-refractivity contribution in [3.05, 3.63) is 42.2 Å². The highest BCUT2D eigenvalue weighted by molar-refractivity contribution is 5.79. The van der Waals surface area contributed by atoms with E-state index in [4.69, 9.17) is 0 Å². The highest BCUT2D eigenvalue weighted by Crippen LogP contribution is 2.33. The lowest BCUT2D eigenvalue weighted by molar-refractivity contribution is -0.128. The fourth-order valence-electron chi connectivity index (χ4n) is 3.30. The van der Waals surface area contributed by atoms with Crippen LogP contribution in [0.4, 0.5) is 8.78 Å². The van der Waals surface area contributed by atoms with E-state index in [1.807, 2.05) is 15.7 Å². The van der Waals surface area contributed by atoms with Crippen LogP contribution in [0.5, 0.6) is 0 Å². The van der Waals surface area contributed by atoms with Crippen LogP contribution in [0.2, 0.25) is 0 Å². The number of likely N-dealkylation sites (tertiary alicyclic amines) is 1. The van der Waals surface area contributed by atoms with Crippen molar-refractivity contribution in [2.45, 2.75) is 31.8 Å². The van der Waals surface area contributed by atoms with Gasteiger partial charge in [0, 0.05) is 49.4 Å². The second-order valence-electron chi connectivity index (χ2n) is 6.38. The van der Waals surface area contributed by atoms with Gasteiger partial charge in [-0.15, -0.1) is 0 Å². The Kier molecular flexibility index (Phi) is 3.39. The lowest BCUT2D eigenvalue weighted by Crippen LogP contribution is -2.27. The van der Waals surface area contributed by atoms with Gasteiger partial charge < -0.3 is 9.47 Å². The number of benzene rings is 1. The molecule has 1 aliphatic heterocycles. The summed E-state index contributed by atoms with van der Waals surface area (Å²) in [6, 6.07) is 4.23. The molecular formula is C17H17F2N3O. The first-order valence-corrected chi connectivity index (χ1v) is 7.88. The summed E-state index contributed by atoms with van der Waals surface area (Å²) in [4.78, 5) is 18.3. The number of amides is 1. The van der Waals surface area contributed by atoms with Gasteiger partial charge in [0.2, 0.25) is 5.91 Å². The Labute approximate surface area is 132 Å². The fraction of sp³-hybridized carbons (Fsp3) is 0.412. The van der Waals surface area contributed by atoms with E-state index in [0.717, 1.165) is 31.5 Å². The van der Waals surface area contributed by atoms with E-state index >= 15 is 0 Å². The zero-order valence-electron chi connectivity index (χ0n) is 12.6. The molecule has 1 amide bonds. The molecule has 4 rings (SSSR count). The smallest absolute Gasteiger partial charge is 0.223 e. The first-order valence-electron chi connectivity index (χ1n) is 7.88. The van der Waals surface area contributed by atoms with Crippen LogP contribution in [0.1, 0.15) is 19.3 Å². The second-order valence-corrected chi connectivity index (χ2v) is 6.38. The minimum Gasteiger partial charge on any atom is -0.339 e. The normalized spacial score (nSPS) is 21.2. The van der Waals surface area contributed by atoms with Crippen LogP contribution in [0, 0.1) is 17.6 Å². The Morgan fingerprint density at radius 2 is 2.04 bits per heavy atom. The van der Waals surface area contributed by atoms with Gasteiger partial charge in [-0.2, -0.15) is 0 Å². The predicted molar refractivity (Wildman–Crippen MR) is 80.4 cm³/mol. The highest BCUT2D eigenvalue weighted by Gasteiger charge is 2.39. The molecule has 1 atom stereocenters. The van der Waals surface area contributed by atoms with Gasteiger partial charge in [-0.05, 0) is 31.0 Å². The first kappa shape index (κ1) is 14.4. The van der Waals surface area contributed by atoms with E-state index in [0.29, 0.717) is 30.4 Å². The van der Waals surface area contributed by atoms with Crippen molar-refractivity contribution in [1.29, 1.82) is 0 Å². The molecule has 2 aromatic rings. The van der Waals surface area contributed by atoms with Gasteiger partial charge in [-0.1, -0.05) is 0 Å². The Balaban J connectivity index is 1.53. The standard InChI is InChI=1S/C17H17F2N3O/c18-14-4-1-12(8-15(14)19)17-20-5-6-21(17)9-11-7-16(23)22(10-11)13-2-3-13/h1,4-6,8,11,13H,2-3,7,9-10H2. The zero-order valence-corrected chi connectivity index (χ0v) is 12.6. The quantitative estimate of drug-likeness (QED) is 0.870. The maximum Gasteiger partial charge on any atom is 0.223 e. The topological polar surface area (TPSA) is 38.1 Å². The third kappa shape index (κ3) is 2.73. The van der Waals surface area contributed by atoms with Crippen molar-refractivity contribution in [2.24, 2.45) is 5.92 Å². The van der Waals surface area contributed by atoms with Crippen molar-refractivity contribution in [3.8, 4) is 11.4 Å². The van der Waals surface area contributed by atoms with Gasteiger partial charge in [-0.25, -0.2) is 13.8 Å². The number of carbonyl (C=O) groups excluding carboxylic acids is 1. The minimum atomic E-state index is -0.881. The summed E-state index contributed by atoms with van der Waals surface area (Å²) >= 11 is 0. The molecule has 23 heavy (non-hydrogen) atoms. The van der Waals surface area contributed by atoms with Gasteiger partial charge in [0.25, 0.3) is 0 Å². The number of carbonyl (C=O) groups is 1. The summed E-state index contributed by atoms with van der Waals surface area (Å²) < 4.78 is 28.5. The first-order chi connectivity index (χ1) is 11.1. The second kappa shape index (κ2) is 5.44. The third-order valence-corrected chi connectivity index (χ3v) is 4.57. The molecule has 0 radical (unpaired) electrons. The predicted octanol–water partition coefficient (Wildman–Crippen LogP) is 2.84. The maximum atomic E-state index is 13.4. The Bertz CT molecular complexity index is 754. The van der Waals surface area contributed by atoms with Crippen LogP contribution in [0.15, 0.2) is 30.6 Å². The largest absolute Gasteiger partial charge is 0.339 e. The van der Waals surface area contributed by atoms with E-state index in [2.05, 4.69) is 4.98 Å². The average Bonchev–Trinajstić information content (AvgIpc) is 3.16. The lowest BCUT2D eigenvalue weighted by atomic mass is 10.1. The molecule has 6 heteroatoms. The summed E-state index contributed by atoms with van der Waals surface area (Å²) in [5.41, 5.74) is 0.539. The molecule has 1 aliphatic carbocycles. The SMILES string of the molecule is O=C1CC(Cn2ccnc2-c2ccc(F)c(F)c2)CN1C1CC1. The van der Waals surface area contributed by atoms with Crippen molar-refractivity contribution < 1.29 is 13.6 Å². The number of rotatable bonds is 4. The molecule has 2 heterocycles. The van der Waals surface area contributed by atoms with Gasteiger partial charge in [-0.3, -0.25) is 4.79 Å². The number of aromatic nitrogens is 2. The van der Waals surface area contributed by atoms with E-state index < -0.39 is 11.6 Å². The van der Waals surface area contributed by atoms with Crippen LogP contribution < -0.4 is 0 Å². The van der Waals surface area contributed by atoms with E-state index in [1.165, 1.54) is 6.07 Å². The monoisotopic (exact) mass is 317 g/mol. The molecule has 2 aliphatic rings. The molecule has 1 aromatic heterocycles. The summed E-state index contributed by atoms with van der Waals surface area (Å²) in [5.74, 6) is -0.684. The van der Waals surface area contributed by atoms with Crippen LogP contribution in [-0.2, 0) is 11.3 Å². The molecule has 4 nitrogen and oxygen atoms in total. The highest BCUT2D eigenvalue weighted by atomic mass is 19.2. The molecule has 1 saturated carbocycles. The molecule has 0 spiro atoms. The minimum absolute atomic E-state index is 0.229. The van der Waals surface area contributed by atoms with Crippen LogP contribution in [-0.4, -0.2) is 32.9 Å². The molecule has 0 N–H and O–H groups in total. The van der Waals surface area contributed by atoms with Crippen molar-refractivity contribution in [2.75, 3.05) is 6.54 Å². The number of imidazole rings is 1. The summed E-state index contributed by atoms with van der Waals surface area (Å²) in [6.45, 7) is 1.43. The summed E-state index contributed by atoms with van der Waals surface area (Å²) in [6.07, 6.45) is 6.24. The van der Waals surface area contributed by atoms with Gasteiger partial charge in [0.05, 0.1) is 0 Å². The summed E-state index contributed by atoms with van der Waals surface area (Å²) in [5, 5.41) is 0. The number of halogens is 2. The van der Waals surface area contributed by atoms with Gasteiger partial charge in [0.1, 0.15) is 5.82 Å². The van der Waals surface area contributed by atoms with Crippen LogP contribution >= 0.6 is 0 Å². The molecule has 120 valence electrons. The van der Waals surface area contributed by atoms with E-state index in [-0.39, 0.29) is 11.8 Å².